The van der Waals surface area contributed by atoms with Crippen LogP contribution >= 0.6 is 0 Å². The third-order valence-electron chi connectivity index (χ3n) is 3.87. The fourth-order valence-corrected chi connectivity index (χ4v) is 2.53. The number of halogens is 1. The lowest BCUT2D eigenvalue weighted by molar-refractivity contribution is 0.557. The first-order valence-corrected chi connectivity index (χ1v) is 7.33. The number of nitrogens with zero attached hydrogens (tertiary/aromatic N) is 1. The standard InChI is InChI=1S/C18H25FN2/c1-10-15(19)13(20)8-11-12(17(2,3)4)9-14(18(5,6)7)21-16(10)11/h8-9H,20H2,1-7H3. The molecule has 1 aromatic heterocycles. The molecule has 0 amide bonds. The summed E-state index contributed by atoms with van der Waals surface area (Å²) in [5.41, 5.74) is 9.26. The van der Waals surface area contributed by atoms with Gasteiger partial charge in [0.25, 0.3) is 0 Å². The maximum atomic E-state index is 14.2. The van der Waals surface area contributed by atoms with Crippen LogP contribution in [0.15, 0.2) is 12.1 Å². The summed E-state index contributed by atoms with van der Waals surface area (Å²) >= 11 is 0. The number of hydrogen-bond acceptors (Lipinski definition) is 2. The summed E-state index contributed by atoms with van der Waals surface area (Å²) in [6, 6.07) is 3.86. The molecule has 21 heavy (non-hydrogen) atoms. The molecule has 0 bridgehead atoms. The number of rotatable bonds is 0. The van der Waals surface area contributed by atoms with Gasteiger partial charge in [-0.25, -0.2) is 4.39 Å². The Morgan fingerprint density at radius 2 is 1.57 bits per heavy atom. The third kappa shape index (κ3) is 2.74. The van der Waals surface area contributed by atoms with E-state index in [1.54, 1.807) is 13.0 Å². The second kappa shape index (κ2) is 4.69. The van der Waals surface area contributed by atoms with Crippen LogP contribution in [0.1, 0.15) is 58.4 Å². The van der Waals surface area contributed by atoms with E-state index >= 15 is 0 Å². The van der Waals surface area contributed by atoms with Crippen molar-refractivity contribution in [1.82, 2.24) is 4.98 Å². The van der Waals surface area contributed by atoms with Crippen LogP contribution in [0.3, 0.4) is 0 Å². The lowest BCUT2D eigenvalue weighted by Crippen LogP contribution is -2.19. The Bertz CT molecular complexity index is 704. The molecule has 1 aromatic carbocycles. The number of anilines is 1. The van der Waals surface area contributed by atoms with Crippen molar-refractivity contribution in [1.29, 1.82) is 0 Å². The van der Waals surface area contributed by atoms with Crippen molar-refractivity contribution < 1.29 is 4.39 Å². The molecule has 3 heteroatoms. The molecule has 0 spiro atoms. The van der Waals surface area contributed by atoms with Crippen molar-refractivity contribution in [2.75, 3.05) is 5.73 Å². The molecule has 0 saturated heterocycles. The molecular weight excluding hydrogens is 263 g/mol. The monoisotopic (exact) mass is 288 g/mol. The van der Waals surface area contributed by atoms with Crippen LogP contribution in [0.25, 0.3) is 10.9 Å². The normalized spacial score (nSPS) is 13.0. The second-order valence-corrected chi connectivity index (χ2v) is 7.86. The fourth-order valence-electron chi connectivity index (χ4n) is 2.53. The van der Waals surface area contributed by atoms with Crippen LogP contribution in [0, 0.1) is 12.7 Å². The highest BCUT2D eigenvalue weighted by Gasteiger charge is 2.25. The van der Waals surface area contributed by atoms with Crippen LogP contribution < -0.4 is 5.73 Å². The van der Waals surface area contributed by atoms with Gasteiger partial charge in [-0.3, -0.25) is 4.98 Å². The Morgan fingerprint density at radius 3 is 2.05 bits per heavy atom. The number of nitrogen functional groups attached to an aromatic ring is 1. The first-order valence-electron chi connectivity index (χ1n) is 7.33. The fraction of sp³-hybridized carbons (Fsp3) is 0.500. The van der Waals surface area contributed by atoms with Crippen molar-refractivity contribution in [2.24, 2.45) is 0 Å². The van der Waals surface area contributed by atoms with Gasteiger partial charge in [0.15, 0.2) is 5.82 Å². The van der Waals surface area contributed by atoms with Crippen molar-refractivity contribution in [2.45, 2.75) is 59.3 Å². The van der Waals surface area contributed by atoms with E-state index in [-0.39, 0.29) is 22.3 Å². The summed E-state index contributed by atoms with van der Waals surface area (Å²) in [6.45, 7) is 14.6. The quantitative estimate of drug-likeness (QED) is 0.703. The van der Waals surface area contributed by atoms with E-state index in [2.05, 4.69) is 47.6 Å². The van der Waals surface area contributed by atoms with E-state index in [9.17, 15) is 4.39 Å². The van der Waals surface area contributed by atoms with Gasteiger partial charge in [-0.05, 0) is 30.0 Å². The largest absolute Gasteiger partial charge is 0.396 e. The molecule has 114 valence electrons. The predicted molar refractivity (Wildman–Crippen MR) is 88.3 cm³/mol. The summed E-state index contributed by atoms with van der Waals surface area (Å²) in [6.07, 6.45) is 0. The van der Waals surface area contributed by atoms with Crippen LogP contribution in [0.4, 0.5) is 10.1 Å². The lowest BCUT2D eigenvalue weighted by Gasteiger charge is -2.26. The maximum absolute atomic E-state index is 14.2. The zero-order valence-electron chi connectivity index (χ0n) is 14.1. The molecule has 2 N–H and O–H groups in total. The molecule has 0 atom stereocenters. The Balaban J connectivity index is 2.99. The molecule has 1 heterocycles. The van der Waals surface area contributed by atoms with Crippen LogP contribution in [-0.4, -0.2) is 4.98 Å². The minimum absolute atomic E-state index is 0.0576. The molecule has 2 rings (SSSR count). The number of benzene rings is 1. The average Bonchev–Trinajstić information content (AvgIpc) is 2.32. The molecule has 0 fully saturated rings. The molecule has 0 aliphatic carbocycles. The highest BCUT2D eigenvalue weighted by molar-refractivity contribution is 5.89. The molecule has 0 aliphatic rings. The van der Waals surface area contributed by atoms with Crippen LogP contribution in [0.5, 0.6) is 0 Å². The van der Waals surface area contributed by atoms with Gasteiger partial charge in [0, 0.05) is 22.1 Å². The van der Waals surface area contributed by atoms with E-state index in [1.807, 2.05) is 0 Å². The number of fused-ring (bicyclic) bond motifs is 1. The number of aromatic nitrogens is 1. The first-order chi connectivity index (χ1) is 9.43. The Kier molecular flexibility index (Phi) is 3.51. The lowest BCUT2D eigenvalue weighted by atomic mass is 9.81. The van der Waals surface area contributed by atoms with E-state index in [4.69, 9.17) is 10.7 Å². The Labute approximate surface area is 126 Å². The van der Waals surface area contributed by atoms with Gasteiger partial charge in [0.1, 0.15) is 0 Å². The minimum atomic E-state index is -0.360. The molecule has 0 saturated carbocycles. The summed E-state index contributed by atoms with van der Waals surface area (Å²) in [5, 5.41) is 0.951. The van der Waals surface area contributed by atoms with Gasteiger partial charge in [-0.1, -0.05) is 41.5 Å². The summed E-state index contributed by atoms with van der Waals surface area (Å²) < 4.78 is 14.2. The molecule has 2 nitrogen and oxygen atoms in total. The van der Waals surface area contributed by atoms with E-state index in [0.29, 0.717) is 5.56 Å². The van der Waals surface area contributed by atoms with Gasteiger partial charge >= 0.3 is 0 Å². The third-order valence-corrected chi connectivity index (χ3v) is 3.87. The zero-order valence-corrected chi connectivity index (χ0v) is 14.1. The number of nitrogens with two attached hydrogens (primary N) is 1. The number of aryl methyl sites for hydroxylation is 1. The van der Waals surface area contributed by atoms with E-state index < -0.39 is 0 Å². The maximum Gasteiger partial charge on any atom is 0.151 e. The highest BCUT2D eigenvalue weighted by Crippen LogP contribution is 2.36. The van der Waals surface area contributed by atoms with Gasteiger partial charge < -0.3 is 5.73 Å². The molecule has 0 unspecified atom stereocenters. The first kappa shape index (κ1) is 15.7. The van der Waals surface area contributed by atoms with Crippen molar-refractivity contribution >= 4 is 16.6 Å². The minimum Gasteiger partial charge on any atom is -0.396 e. The zero-order chi connectivity index (χ0) is 16.2. The molecule has 0 aliphatic heterocycles. The van der Waals surface area contributed by atoms with Crippen LogP contribution in [0.2, 0.25) is 0 Å². The Hall–Kier alpha value is -1.64. The smallest absolute Gasteiger partial charge is 0.151 e. The van der Waals surface area contributed by atoms with E-state index in [0.717, 1.165) is 22.2 Å². The summed E-state index contributed by atoms with van der Waals surface area (Å²) in [4.78, 5) is 4.73. The summed E-state index contributed by atoms with van der Waals surface area (Å²) in [5.74, 6) is -0.360. The van der Waals surface area contributed by atoms with Crippen molar-refractivity contribution in [3.8, 4) is 0 Å². The molecular formula is C18H25FN2. The topological polar surface area (TPSA) is 38.9 Å². The molecule has 2 aromatic rings. The van der Waals surface area contributed by atoms with Gasteiger partial charge in [-0.15, -0.1) is 0 Å². The van der Waals surface area contributed by atoms with Gasteiger partial charge in [-0.2, -0.15) is 0 Å². The van der Waals surface area contributed by atoms with Gasteiger partial charge in [0.2, 0.25) is 0 Å². The number of hydrogen-bond donors (Lipinski definition) is 1. The van der Waals surface area contributed by atoms with Crippen LogP contribution in [-0.2, 0) is 10.8 Å². The SMILES string of the molecule is Cc1c(F)c(N)cc2c(C(C)(C)C)cc(C(C)(C)C)nc12. The summed E-state index contributed by atoms with van der Waals surface area (Å²) in [7, 11) is 0. The van der Waals surface area contributed by atoms with Crippen molar-refractivity contribution in [3.63, 3.8) is 0 Å². The van der Waals surface area contributed by atoms with E-state index in [1.165, 1.54) is 0 Å². The second-order valence-electron chi connectivity index (χ2n) is 7.86. The number of pyridine rings is 1. The Morgan fingerprint density at radius 1 is 1.00 bits per heavy atom. The van der Waals surface area contributed by atoms with Gasteiger partial charge in [0.05, 0.1) is 11.2 Å². The van der Waals surface area contributed by atoms with Crippen molar-refractivity contribution in [3.05, 3.63) is 34.8 Å². The predicted octanol–water partition coefficient (Wildman–Crippen LogP) is 4.86. The molecule has 0 radical (unpaired) electrons. The average molecular weight is 288 g/mol. The highest BCUT2D eigenvalue weighted by atomic mass is 19.1.